The van der Waals surface area contributed by atoms with Gasteiger partial charge in [0.15, 0.2) is 0 Å². The lowest BCUT2D eigenvalue weighted by atomic mass is 10.1. The molecule has 4 heteroatoms. The Balaban J connectivity index is 1.69. The molecular formula is C12H17NO3. The minimum absolute atomic E-state index is 0.0785. The van der Waals surface area contributed by atoms with Crippen LogP contribution in [-0.4, -0.2) is 36.0 Å². The van der Waals surface area contributed by atoms with Crippen LogP contribution in [0, 0.1) is 0 Å². The molecule has 2 rings (SSSR count). The zero-order chi connectivity index (χ0) is 11.5. The standard InChI is InChI=1S/C12H17NO3/c1-9-8-10(16-12(9)15)4-2-6-13-7-3-5-11(13)14/h8,10H,2-7H2,1H3. The van der Waals surface area contributed by atoms with E-state index in [2.05, 4.69) is 0 Å². The Morgan fingerprint density at radius 1 is 1.50 bits per heavy atom. The lowest BCUT2D eigenvalue weighted by Crippen LogP contribution is -2.26. The van der Waals surface area contributed by atoms with E-state index in [1.807, 2.05) is 11.0 Å². The van der Waals surface area contributed by atoms with Crippen LogP contribution in [0.3, 0.4) is 0 Å². The van der Waals surface area contributed by atoms with Crippen molar-refractivity contribution in [2.75, 3.05) is 13.1 Å². The van der Waals surface area contributed by atoms with Crippen LogP contribution >= 0.6 is 0 Å². The molecule has 2 heterocycles. The summed E-state index contributed by atoms with van der Waals surface area (Å²) < 4.78 is 5.13. The number of cyclic esters (lactones) is 1. The van der Waals surface area contributed by atoms with Gasteiger partial charge in [0, 0.05) is 25.1 Å². The van der Waals surface area contributed by atoms with Gasteiger partial charge in [-0.15, -0.1) is 0 Å². The van der Waals surface area contributed by atoms with Gasteiger partial charge in [0.25, 0.3) is 0 Å². The third-order valence-electron chi connectivity index (χ3n) is 3.10. The highest BCUT2D eigenvalue weighted by Gasteiger charge is 2.23. The largest absolute Gasteiger partial charge is 0.455 e. The molecule has 1 fully saturated rings. The summed E-state index contributed by atoms with van der Waals surface area (Å²) >= 11 is 0. The maximum Gasteiger partial charge on any atom is 0.334 e. The molecule has 0 N–H and O–H groups in total. The molecule has 0 aromatic rings. The highest BCUT2D eigenvalue weighted by Crippen LogP contribution is 2.18. The van der Waals surface area contributed by atoms with Gasteiger partial charge in [0.2, 0.25) is 5.91 Å². The number of hydrogen-bond donors (Lipinski definition) is 0. The van der Waals surface area contributed by atoms with Crippen molar-refractivity contribution in [3.8, 4) is 0 Å². The van der Waals surface area contributed by atoms with E-state index in [-0.39, 0.29) is 18.0 Å². The van der Waals surface area contributed by atoms with Gasteiger partial charge in [-0.1, -0.05) is 0 Å². The molecule has 0 aliphatic carbocycles. The van der Waals surface area contributed by atoms with Crippen molar-refractivity contribution < 1.29 is 14.3 Å². The minimum Gasteiger partial charge on any atom is -0.455 e. The Morgan fingerprint density at radius 2 is 2.31 bits per heavy atom. The maximum atomic E-state index is 11.3. The van der Waals surface area contributed by atoms with Crippen LogP contribution in [0.25, 0.3) is 0 Å². The Labute approximate surface area is 95.2 Å². The fourth-order valence-electron chi connectivity index (χ4n) is 2.18. The zero-order valence-corrected chi connectivity index (χ0v) is 9.57. The average Bonchev–Trinajstić information content (AvgIpc) is 2.76. The summed E-state index contributed by atoms with van der Waals surface area (Å²) in [7, 11) is 0. The molecule has 1 amide bonds. The number of rotatable bonds is 4. The summed E-state index contributed by atoms with van der Waals surface area (Å²) in [6.07, 6.45) is 5.17. The van der Waals surface area contributed by atoms with Crippen molar-refractivity contribution in [1.82, 2.24) is 4.90 Å². The summed E-state index contributed by atoms with van der Waals surface area (Å²) in [5.41, 5.74) is 0.697. The smallest absolute Gasteiger partial charge is 0.334 e. The highest BCUT2D eigenvalue weighted by atomic mass is 16.5. The zero-order valence-electron chi connectivity index (χ0n) is 9.57. The molecule has 1 unspecified atom stereocenters. The van der Waals surface area contributed by atoms with Crippen molar-refractivity contribution in [1.29, 1.82) is 0 Å². The Hall–Kier alpha value is -1.32. The van der Waals surface area contributed by atoms with E-state index in [1.165, 1.54) is 0 Å². The van der Waals surface area contributed by atoms with Crippen molar-refractivity contribution >= 4 is 11.9 Å². The summed E-state index contributed by atoms with van der Waals surface area (Å²) in [6, 6.07) is 0. The second-order valence-corrected chi connectivity index (χ2v) is 4.42. The molecule has 0 aromatic carbocycles. The molecule has 16 heavy (non-hydrogen) atoms. The van der Waals surface area contributed by atoms with Crippen LogP contribution in [0.4, 0.5) is 0 Å². The predicted molar refractivity (Wildman–Crippen MR) is 58.7 cm³/mol. The third-order valence-corrected chi connectivity index (χ3v) is 3.10. The maximum absolute atomic E-state index is 11.3. The van der Waals surface area contributed by atoms with Crippen LogP contribution in [0.15, 0.2) is 11.6 Å². The molecule has 0 bridgehead atoms. The first-order valence-corrected chi connectivity index (χ1v) is 5.84. The van der Waals surface area contributed by atoms with E-state index in [4.69, 9.17) is 4.74 Å². The molecule has 4 nitrogen and oxygen atoms in total. The van der Waals surface area contributed by atoms with E-state index < -0.39 is 0 Å². The van der Waals surface area contributed by atoms with Crippen LogP contribution in [0.1, 0.15) is 32.6 Å². The molecule has 2 aliphatic heterocycles. The van der Waals surface area contributed by atoms with Crippen molar-refractivity contribution in [3.63, 3.8) is 0 Å². The molecule has 88 valence electrons. The first-order chi connectivity index (χ1) is 7.66. The van der Waals surface area contributed by atoms with Crippen molar-refractivity contribution in [2.24, 2.45) is 0 Å². The number of hydrogen-bond acceptors (Lipinski definition) is 3. The molecule has 1 saturated heterocycles. The fraction of sp³-hybridized carbons (Fsp3) is 0.667. The number of amides is 1. The van der Waals surface area contributed by atoms with Crippen LogP contribution < -0.4 is 0 Å². The van der Waals surface area contributed by atoms with Crippen LogP contribution in [-0.2, 0) is 14.3 Å². The quantitative estimate of drug-likeness (QED) is 0.674. The summed E-state index contributed by atoms with van der Waals surface area (Å²) in [6.45, 7) is 3.45. The Morgan fingerprint density at radius 3 is 2.88 bits per heavy atom. The molecular weight excluding hydrogens is 206 g/mol. The second kappa shape index (κ2) is 4.68. The van der Waals surface area contributed by atoms with Gasteiger partial charge >= 0.3 is 5.97 Å². The van der Waals surface area contributed by atoms with Gasteiger partial charge in [-0.2, -0.15) is 0 Å². The number of ether oxygens (including phenoxy) is 1. The number of nitrogens with zero attached hydrogens (tertiary/aromatic N) is 1. The van der Waals surface area contributed by atoms with Gasteiger partial charge < -0.3 is 9.64 Å². The Kier molecular flexibility index (Phi) is 3.27. The topological polar surface area (TPSA) is 46.6 Å². The van der Waals surface area contributed by atoms with Crippen LogP contribution in [0.2, 0.25) is 0 Å². The number of carbonyl (C=O) groups excluding carboxylic acids is 2. The fourth-order valence-corrected chi connectivity index (χ4v) is 2.18. The monoisotopic (exact) mass is 223 g/mol. The summed E-state index contributed by atoms with van der Waals surface area (Å²) in [5.74, 6) is 0.0531. The normalized spacial score (nSPS) is 24.9. The van der Waals surface area contributed by atoms with E-state index in [0.717, 1.165) is 32.4 Å². The molecule has 2 aliphatic rings. The molecule has 1 atom stereocenters. The number of likely N-dealkylation sites (tertiary alicyclic amines) is 1. The minimum atomic E-state index is -0.206. The average molecular weight is 223 g/mol. The number of carbonyl (C=O) groups is 2. The lowest BCUT2D eigenvalue weighted by molar-refractivity contribution is -0.140. The van der Waals surface area contributed by atoms with E-state index in [9.17, 15) is 9.59 Å². The predicted octanol–water partition coefficient (Wildman–Crippen LogP) is 1.26. The third kappa shape index (κ3) is 2.43. The van der Waals surface area contributed by atoms with Crippen molar-refractivity contribution in [3.05, 3.63) is 11.6 Å². The lowest BCUT2D eigenvalue weighted by Gasteiger charge is -2.16. The summed E-state index contributed by atoms with van der Waals surface area (Å²) in [4.78, 5) is 24.3. The summed E-state index contributed by atoms with van der Waals surface area (Å²) in [5, 5.41) is 0. The SMILES string of the molecule is CC1=CC(CCCN2CCCC2=O)OC1=O. The van der Waals surface area contributed by atoms with Gasteiger partial charge in [-0.05, 0) is 32.3 Å². The Bertz CT molecular complexity index is 335. The van der Waals surface area contributed by atoms with Crippen LogP contribution in [0.5, 0.6) is 0 Å². The second-order valence-electron chi connectivity index (χ2n) is 4.42. The molecule has 0 spiro atoms. The number of esters is 1. The molecule has 0 aromatic heterocycles. The van der Waals surface area contributed by atoms with Gasteiger partial charge in [0.05, 0.1) is 0 Å². The van der Waals surface area contributed by atoms with E-state index >= 15 is 0 Å². The van der Waals surface area contributed by atoms with Gasteiger partial charge in [-0.3, -0.25) is 4.79 Å². The van der Waals surface area contributed by atoms with Gasteiger partial charge in [-0.25, -0.2) is 4.79 Å². The first-order valence-electron chi connectivity index (χ1n) is 5.84. The first kappa shape index (κ1) is 11.2. The molecule has 0 radical (unpaired) electrons. The van der Waals surface area contributed by atoms with Crippen molar-refractivity contribution in [2.45, 2.75) is 38.7 Å². The van der Waals surface area contributed by atoms with E-state index in [0.29, 0.717) is 12.0 Å². The van der Waals surface area contributed by atoms with E-state index in [1.54, 1.807) is 6.92 Å². The van der Waals surface area contributed by atoms with Gasteiger partial charge in [0.1, 0.15) is 6.10 Å². The highest BCUT2D eigenvalue weighted by molar-refractivity contribution is 5.90. The molecule has 0 saturated carbocycles.